The predicted octanol–water partition coefficient (Wildman–Crippen LogP) is 4.18. The lowest BCUT2D eigenvalue weighted by atomic mass is 9.68. The van der Waals surface area contributed by atoms with Crippen LogP contribution in [0.25, 0.3) is 0 Å². The van der Waals surface area contributed by atoms with Gasteiger partial charge in [-0.25, -0.2) is 0 Å². The number of amides is 2. The first-order valence-electron chi connectivity index (χ1n) is 10.4. The zero-order valence-corrected chi connectivity index (χ0v) is 17.3. The topological polar surface area (TPSA) is 72.2 Å². The highest BCUT2D eigenvalue weighted by Gasteiger charge is 2.44. The standard InChI is InChI=1S/C26H28N2O2/c1-2-3-19-23(24(27)29)28-25(30)26(20-13-7-4-8-14-20,21-15-9-5-10-16-21)22-17-11-6-12-18-22/h4-18,23H,2-3,19H2,1H3,(H2,27,29)(H,28,30)/t23-/m1/s1. The van der Waals surface area contributed by atoms with Crippen molar-refractivity contribution in [3.63, 3.8) is 0 Å². The molecule has 0 aliphatic heterocycles. The molecule has 1 atom stereocenters. The van der Waals surface area contributed by atoms with Crippen LogP contribution in [-0.4, -0.2) is 17.9 Å². The van der Waals surface area contributed by atoms with E-state index < -0.39 is 17.4 Å². The number of rotatable bonds is 9. The smallest absolute Gasteiger partial charge is 0.240 e. The second-order valence-corrected chi connectivity index (χ2v) is 7.42. The fourth-order valence-corrected chi connectivity index (χ4v) is 3.92. The molecule has 154 valence electrons. The van der Waals surface area contributed by atoms with Gasteiger partial charge in [-0.3, -0.25) is 9.59 Å². The highest BCUT2D eigenvalue weighted by atomic mass is 16.2. The molecule has 0 unspecified atom stereocenters. The van der Waals surface area contributed by atoms with E-state index in [2.05, 4.69) is 5.32 Å². The van der Waals surface area contributed by atoms with Gasteiger partial charge in [-0.1, -0.05) is 111 Å². The molecule has 0 bridgehead atoms. The first-order valence-corrected chi connectivity index (χ1v) is 10.4. The van der Waals surface area contributed by atoms with E-state index in [1.54, 1.807) is 0 Å². The molecule has 0 aromatic heterocycles. The third-order valence-electron chi connectivity index (χ3n) is 5.46. The highest BCUT2D eigenvalue weighted by Crippen LogP contribution is 2.39. The lowest BCUT2D eigenvalue weighted by Gasteiger charge is -2.35. The largest absolute Gasteiger partial charge is 0.368 e. The van der Waals surface area contributed by atoms with Gasteiger partial charge in [0.25, 0.3) is 0 Å². The van der Waals surface area contributed by atoms with Crippen LogP contribution < -0.4 is 11.1 Å². The highest BCUT2D eigenvalue weighted by molar-refractivity contribution is 5.98. The average molecular weight is 401 g/mol. The summed E-state index contributed by atoms with van der Waals surface area (Å²) in [7, 11) is 0. The quantitative estimate of drug-likeness (QED) is 0.529. The number of nitrogens with two attached hydrogens (primary N) is 1. The van der Waals surface area contributed by atoms with E-state index in [9.17, 15) is 9.59 Å². The zero-order valence-electron chi connectivity index (χ0n) is 17.3. The maximum atomic E-state index is 14.0. The predicted molar refractivity (Wildman–Crippen MR) is 120 cm³/mol. The maximum absolute atomic E-state index is 14.0. The minimum absolute atomic E-state index is 0.258. The number of unbranched alkanes of at least 4 members (excludes halogenated alkanes) is 1. The SMILES string of the molecule is CCCC[C@@H](NC(=O)C(c1ccccc1)(c1ccccc1)c1ccccc1)C(N)=O. The minimum atomic E-state index is -1.11. The van der Waals surface area contributed by atoms with Crippen molar-refractivity contribution in [3.8, 4) is 0 Å². The molecule has 0 radical (unpaired) electrons. The van der Waals surface area contributed by atoms with Crippen LogP contribution in [0, 0.1) is 0 Å². The van der Waals surface area contributed by atoms with E-state index in [1.807, 2.05) is 97.9 Å². The van der Waals surface area contributed by atoms with E-state index in [1.165, 1.54) is 0 Å². The van der Waals surface area contributed by atoms with Gasteiger partial charge < -0.3 is 11.1 Å². The lowest BCUT2D eigenvalue weighted by Crippen LogP contribution is -2.53. The first kappa shape index (κ1) is 21.3. The van der Waals surface area contributed by atoms with Gasteiger partial charge in [0.1, 0.15) is 11.5 Å². The molecule has 0 heterocycles. The molecule has 3 N–H and O–H groups in total. The van der Waals surface area contributed by atoms with E-state index >= 15 is 0 Å². The summed E-state index contributed by atoms with van der Waals surface area (Å²) in [5.41, 5.74) is 7.02. The van der Waals surface area contributed by atoms with Gasteiger partial charge in [0, 0.05) is 0 Å². The number of benzene rings is 3. The molecule has 0 aliphatic carbocycles. The monoisotopic (exact) mass is 400 g/mol. The van der Waals surface area contributed by atoms with Crippen LogP contribution in [0.5, 0.6) is 0 Å². The summed E-state index contributed by atoms with van der Waals surface area (Å²) in [6.45, 7) is 2.04. The summed E-state index contributed by atoms with van der Waals surface area (Å²) < 4.78 is 0. The van der Waals surface area contributed by atoms with Crippen molar-refractivity contribution in [2.75, 3.05) is 0 Å². The first-order chi connectivity index (χ1) is 14.6. The van der Waals surface area contributed by atoms with Gasteiger partial charge in [0.05, 0.1) is 0 Å². The van der Waals surface area contributed by atoms with E-state index in [0.29, 0.717) is 6.42 Å². The average Bonchev–Trinajstić information content (AvgIpc) is 2.79. The summed E-state index contributed by atoms with van der Waals surface area (Å²) in [5.74, 6) is -0.772. The molecule has 3 rings (SSSR count). The number of carbonyl (C=O) groups is 2. The Hall–Kier alpha value is -3.40. The molecule has 3 aromatic carbocycles. The summed E-state index contributed by atoms with van der Waals surface area (Å²) in [6.07, 6.45) is 2.25. The molecule has 0 fully saturated rings. The van der Waals surface area contributed by atoms with Crippen molar-refractivity contribution in [2.24, 2.45) is 5.73 Å². The Bertz CT molecular complexity index is 859. The molecule has 0 saturated carbocycles. The molecule has 0 aliphatic rings. The van der Waals surface area contributed by atoms with Crippen LogP contribution in [0.2, 0.25) is 0 Å². The molecule has 2 amide bonds. The molecule has 4 heteroatoms. The van der Waals surface area contributed by atoms with Crippen molar-refractivity contribution >= 4 is 11.8 Å². The van der Waals surface area contributed by atoms with Crippen molar-refractivity contribution in [1.82, 2.24) is 5.32 Å². The van der Waals surface area contributed by atoms with Crippen LogP contribution in [-0.2, 0) is 15.0 Å². The maximum Gasteiger partial charge on any atom is 0.240 e. The van der Waals surface area contributed by atoms with Crippen LogP contribution >= 0.6 is 0 Å². The van der Waals surface area contributed by atoms with Gasteiger partial charge >= 0.3 is 0 Å². The minimum Gasteiger partial charge on any atom is -0.368 e. The number of hydrogen-bond donors (Lipinski definition) is 2. The third kappa shape index (κ3) is 4.28. The summed E-state index contributed by atoms with van der Waals surface area (Å²) in [4.78, 5) is 26.1. The normalized spacial score (nSPS) is 12.2. The van der Waals surface area contributed by atoms with Crippen molar-refractivity contribution in [3.05, 3.63) is 108 Å². The third-order valence-corrected chi connectivity index (χ3v) is 5.46. The fraction of sp³-hybridized carbons (Fsp3) is 0.231. The molecule has 4 nitrogen and oxygen atoms in total. The Morgan fingerprint density at radius 2 is 1.20 bits per heavy atom. The Kier molecular flexibility index (Phi) is 7.02. The molecule has 0 spiro atoms. The molecule has 30 heavy (non-hydrogen) atoms. The number of carbonyl (C=O) groups excluding carboxylic acids is 2. The van der Waals surface area contributed by atoms with Crippen molar-refractivity contribution < 1.29 is 9.59 Å². The van der Waals surface area contributed by atoms with Crippen LogP contribution in [0.3, 0.4) is 0 Å². The molecule has 0 saturated heterocycles. The summed E-state index contributed by atoms with van der Waals surface area (Å²) in [6, 6.07) is 28.3. The van der Waals surface area contributed by atoms with Gasteiger partial charge in [-0.15, -0.1) is 0 Å². The zero-order chi connectivity index (χ0) is 21.4. The van der Waals surface area contributed by atoms with Gasteiger partial charge in [-0.05, 0) is 23.1 Å². The van der Waals surface area contributed by atoms with E-state index in [-0.39, 0.29) is 5.91 Å². The van der Waals surface area contributed by atoms with E-state index in [0.717, 1.165) is 29.5 Å². The molecular formula is C26H28N2O2. The Labute approximate surface area is 178 Å². The van der Waals surface area contributed by atoms with Gasteiger partial charge in [0.15, 0.2) is 0 Å². The van der Waals surface area contributed by atoms with Gasteiger partial charge in [-0.2, -0.15) is 0 Å². The Balaban J connectivity index is 2.20. The number of hydrogen-bond acceptors (Lipinski definition) is 2. The van der Waals surface area contributed by atoms with Crippen LogP contribution in [0.15, 0.2) is 91.0 Å². The van der Waals surface area contributed by atoms with E-state index in [4.69, 9.17) is 5.73 Å². The van der Waals surface area contributed by atoms with Crippen molar-refractivity contribution in [1.29, 1.82) is 0 Å². The van der Waals surface area contributed by atoms with Crippen LogP contribution in [0.1, 0.15) is 42.9 Å². The molecular weight excluding hydrogens is 372 g/mol. The summed E-state index contributed by atoms with van der Waals surface area (Å²) >= 11 is 0. The summed E-state index contributed by atoms with van der Waals surface area (Å²) in [5, 5.41) is 2.97. The second kappa shape index (κ2) is 9.88. The number of nitrogens with one attached hydrogen (secondary N) is 1. The lowest BCUT2D eigenvalue weighted by molar-refractivity contribution is -0.129. The van der Waals surface area contributed by atoms with Gasteiger partial charge in [0.2, 0.25) is 11.8 Å². The Morgan fingerprint density at radius 1 is 0.800 bits per heavy atom. The Morgan fingerprint density at radius 3 is 1.53 bits per heavy atom. The second-order valence-electron chi connectivity index (χ2n) is 7.42. The van der Waals surface area contributed by atoms with Crippen molar-refractivity contribution in [2.45, 2.75) is 37.6 Å². The number of primary amides is 1. The fourth-order valence-electron chi connectivity index (χ4n) is 3.92. The van der Waals surface area contributed by atoms with Crippen LogP contribution in [0.4, 0.5) is 0 Å². The molecule has 3 aromatic rings.